The zero-order chi connectivity index (χ0) is 12.1. The van der Waals surface area contributed by atoms with E-state index < -0.39 is 0 Å². The molecule has 2 heterocycles. The number of carbonyl (C=O) groups is 1. The molecule has 1 aromatic heterocycles. The highest BCUT2D eigenvalue weighted by molar-refractivity contribution is 7.09. The number of thiazole rings is 1. The van der Waals surface area contributed by atoms with Crippen LogP contribution in [0.25, 0.3) is 0 Å². The molecule has 1 aromatic rings. The smallest absolute Gasteiger partial charge is 0.223 e. The summed E-state index contributed by atoms with van der Waals surface area (Å²) in [5.41, 5.74) is 6.46. The highest BCUT2D eigenvalue weighted by Gasteiger charge is 2.16. The summed E-state index contributed by atoms with van der Waals surface area (Å²) >= 11 is 1.56. The number of carbonyl (C=O) groups excluding carboxylic acids is 1. The van der Waals surface area contributed by atoms with E-state index in [-0.39, 0.29) is 5.91 Å². The van der Waals surface area contributed by atoms with Crippen molar-refractivity contribution in [2.24, 2.45) is 5.73 Å². The first-order chi connectivity index (χ1) is 8.29. The van der Waals surface area contributed by atoms with Crippen molar-refractivity contribution in [3.8, 4) is 0 Å². The molecule has 94 valence electrons. The van der Waals surface area contributed by atoms with Crippen LogP contribution in [0.5, 0.6) is 0 Å². The average molecular weight is 255 g/mol. The maximum Gasteiger partial charge on any atom is 0.223 e. The second-order valence-electron chi connectivity index (χ2n) is 3.93. The second kappa shape index (κ2) is 6.09. The Kier molecular flexibility index (Phi) is 4.47. The van der Waals surface area contributed by atoms with Crippen LogP contribution in [0.15, 0.2) is 5.38 Å². The molecule has 17 heavy (non-hydrogen) atoms. The van der Waals surface area contributed by atoms with Gasteiger partial charge in [0.1, 0.15) is 5.01 Å². The van der Waals surface area contributed by atoms with Crippen molar-refractivity contribution in [2.75, 3.05) is 26.3 Å². The van der Waals surface area contributed by atoms with Gasteiger partial charge in [-0.05, 0) is 6.42 Å². The van der Waals surface area contributed by atoms with E-state index >= 15 is 0 Å². The van der Waals surface area contributed by atoms with Gasteiger partial charge < -0.3 is 15.4 Å². The molecule has 2 rings (SSSR count). The first kappa shape index (κ1) is 12.5. The number of aromatic nitrogens is 1. The Labute approximate surface area is 105 Å². The number of nitrogens with two attached hydrogens (primary N) is 1. The van der Waals surface area contributed by atoms with Gasteiger partial charge in [-0.2, -0.15) is 0 Å². The lowest BCUT2D eigenvalue weighted by Gasteiger charge is -2.26. The van der Waals surface area contributed by atoms with Crippen LogP contribution in [0, 0.1) is 0 Å². The molecule has 0 atom stereocenters. The Morgan fingerprint density at radius 3 is 2.94 bits per heavy atom. The van der Waals surface area contributed by atoms with Crippen LogP contribution in [-0.2, 0) is 22.5 Å². The number of ether oxygens (including phenoxy) is 1. The van der Waals surface area contributed by atoms with Gasteiger partial charge in [-0.3, -0.25) is 4.79 Å². The van der Waals surface area contributed by atoms with E-state index in [4.69, 9.17) is 10.5 Å². The van der Waals surface area contributed by atoms with Gasteiger partial charge in [0.2, 0.25) is 5.91 Å². The van der Waals surface area contributed by atoms with E-state index in [2.05, 4.69) is 4.98 Å². The van der Waals surface area contributed by atoms with Gasteiger partial charge in [0.25, 0.3) is 0 Å². The first-order valence-corrected chi connectivity index (χ1v) is 6.66. The Balaban J connectivity index is 1.78. The fourth-order valence-corrected chi connectivity index (χ4v) is 2.47. The van der Waals surface area contributed by atoms with Crippen molar-refractivity contribution in [1.82, 2.24) is 9.88 Å². The number of nitrogens with zero attached hydrogens (tertiary/aromatic N) is 2. The molecule has 0 saturated carbocycles. The molecule has 0 radical (unpaired) electrons. The summed E-state index contributed by atoms with van der Waals surface area (Å²) in [6.07, 6.45) is 1.22. The molecule has 1 aliphatic heterocycles. The van der Waals surface area contributed by atoms with E-state index in [1.54, 1.807) is 11.3 Å². The SMILES string of the molecule is NCc1nc(CCC(=O)N2CCOCC2)cs1. The van der Waals surface area contributed by atoms with Gasteiger partial charge in [-0.25, -0.2) is 4.98 Å². The van der Waals surface area contributed by atoms with Crippen LogP contribution in [0.4, 0.5) is 0 Å². The molecule has 0 aromatic carbocycles. The molecule has 0 unspecified atom stereocenters. The third-order valence-corrected chi connectivity index (χ3v) is 3.65. The standard InChI is InChI=1S/C11H17N3O2S/c12-7-10-13-9(8-17-10)1-2-11(15)14-3-5-16-6-4-14/h8H,1-7,12H2. The molecule has 1 aliphatic rings. The number of amides is 1. The van der Waals surface area contributed by atoms with Crippen molar-refractivity contribution in [3.63, 3.8) is 0 Å². The van der Waals surface area contributed by atoms with Crippen LogP contribution in [0.1, 0.15) is 17.1 Å². The lowest BCUT2D eigenvalue weighted by atomic mass is 10.2. The lowest BCUT2D eigenvalue weighted by molar-refractivity contribution is -0.135. The van der Waals surface area contributed by atoms with Gasteiger partial charge in [0, 0.05) is 31.4 Å². The highest BCUT2D eigenvalue weighted by atomic mass is 32.1. The first-order valence-electron chi connectivity index (χ1n) is 5.78. The molecule has 1 saturated heterocycles. The maximum atomic E-state index is 11.9. The summed E-state index contributed by atoms with van der Waals surface area (Å²) in [5, 5.41) is 2.91. The van der Waals surface area contributed by atoms with Crippen molar-refractivity contribution >= 4 is 17.2 Å². The predicted molar refractivity (Wildman–Crippen MR) is 65.7 cm³/mol. The molecular formula is C11H17N3O2S. The van der Waals surface area contributed by atoms with Gasteiger partial charge in [0.15, 0.2) is 0 Å². The monoisotopic (exact) mass is 255 g/mol. The van der Waals surface area contributed by atoms with Crippen molar-refractivity contribution in [2.45, 2.75) is 19.4 Å². The van der Waals surface area contributed by atoms with Crippen molar-refractivity contribution in [1.29, 1.82) is 0 Å². The molecular weight excluding hydrogens is 238 g/mol. The molecule has 6 heteroatoms. The van der Waals surface area contributed by atoms with E-state index in [0.29, 0.717) is 45.7 Å². The van der Waals surface area contributed by atoms with Crippen LogP contribution in [0.3, 0.4) is 0 Å². The minimum atomic E-state index is 0.190. The highest BCUT2D eigenvalue weighted by Crippen LogP contribution is 2.11. The molecule has 0 aliphatic carbocycles. The average Bonchev–Trinajstić information content (AvgIpc) is 2.85. The quantitative estimate of drug-likeness (QED) is 0.845. The van der Waals surface area contributed by atoms with Crippen LogP contribution >= 0.6 is 11.3 Å². The summed E-state index contributed by atoms with van der Waals surface area (Å²) in [6.45, 7) is 3.20. The van der Waals surface area contributed by atoms with Gasteiger partial charge in [-0.1, -0.05) is 0 Å². The fraction of sp³-hybridized carbons (Fsp3) is 0.636. The maximum absolute atomic E-state index is 11.9. The molecule has 0 bridgehead atoms. The van der Waals surface area contributed by atoms with Crippen LogP contribution in [-0.4, -0.2) is 42.1 Å². The Bertz CT molecular complexity index is 375. The third kappa shape index (κ3) is 3.49. The zero-order valence-electron chi connectivity index (χ0n) is 9.72. The summed E-state index contributed by atoms with van der Waals surface area (Å²) in [4.78, 5) is 18.1. The molecule has 1 amide bonds. The van der Waals surface area contributed by atoms with Crippen LogP contribution in [0.2, 0.25) is 0 Å². The lowest BCUT2D eigenvalue weighted by Crippen LogP contribution is -2.40. The molecule has 5 nitrogen and oxygen atoms in total. The predicted octanol–water partition coefficient (Wildman–Crippen LogP) is 0.393. The van der Waals surface area contributed by atoms with E-state index in [9.17, 15) is 4.79 Å². The van der Waals surface area contributed by atoms with Gasteiger partial charge in [0.05, 0.1) is 18.9 Å². The number of morpholine rings is 1. The number of hydrogen-bond acceptors (Lipinski definition) is 5. The van der Waals surface area contributed by atoms with Crippen molar-refractivity contribution in [3.05, 3.63) is 16.1 Å². The minimum absolute atomic E-state index is 0.190. The minimum Gasteiger partial charge on any atom is -0.378 e. The third-order valence-electron chi connectivity index (χ3n) is 2.73. The molecule has 1 fully saturated rings. The summed E-state index contributed by atoms with van der Waals surface area (Å²) in [6, 6.07) is 0. The topological polar surface area (TPSA) is 68.5 Å². The van der Waals surface area contributed by atoms with Crippen molar-refractivity contribution < 1.29 is 9.53 Å². The normalized spacial score (nSPS) is 16.2. The number of rotatable bonds is 4. The summed E-state index contributed by atoms with van der Waals surface area (Å²) in [5.74, 6) is 0.190. The number of hydrogen-bond donors (Lipinski definition) is 1. The summed E-state index contributed by atoms with van der Waals surface area (Å²) in [7, 11) is 0. The molecule has 0 spiro atoms. The van der Waals surface area contributed by atoms with Gasteiger partial charge in [-0.15, -0.1) is 11.3 Å². The Morgan fingerprint density at radius 2 is 2.29 bits per heavy atom. The second-order valence-corrected chi connectivity index (χ2v) is 4.87. The largest absolute Gasteiger partial charge is 0.378 e. The summed E-state index contributed by atoms with van der Waals surface area (Å²) < 4.78 is 5.21. The van der Waals surface area contributed by atoms with Crippen LogP contribution < -0.4 is 5.73 Å². The zero-order valence-corrected chi connectivity index (χ0v) is 10.5. The Morgan fingerprint density at radius 1 is 1.53 bits per heavy atom. The van der Waals surface area contributed by atoms with E-state index in [1.165, 1.54) is 0 Å². The fourth-order valence-electron chi connectivity index (χ4n) is 1.76. The molecule has 2 N–H and O–H groups in total. The van der Waals surface area contributed by atoms with E-state index in [1.807, 2.05) is 10.3 Å². The van der Waals surface area contributed by atoms with E-state index in [0.717, 1.165) is 10.7 Å². The van der Waals surface area contributed by atoms with Gasteiger partial charge >= 0.3 is 0 Å². The number of aryl methyl sites for hydroxylation is 1. The Hall–Kier alpha value is -0.980.